The van der Waals surface area contributed by atoms with Gasteiger partial charge in [0.25, 0.3) is 0 Å². The smallest absolute Gasteiger partial charge is 0.203 e. The molecule has 0 aromatic carbocycles. The Kier molecular flexibility index (Phi) is 8.30. The van der Waals surface area contributed by atoms with Crippen molar-refractivity contribution in [2.24, 2.45) is 0 Å². The maximum atomic E-state index is 5.05. The second kappa shape index (κ2) is 9.77. The van der Waals surface area contributed by atoms with E-state index < -0.39 is 0 Å². The third-order valence-corrected chi connectivity index (χ3v) is 3.72. The lowest BCUT2D eigenvalue weighted by Gasteiger charge is -2.21. The molecule has 0 spiro atoms. The van der Waals surface area contributed by atoms with Gasteiger partial charge in [0.15, 0.2) is 0 Å². The molecule has 1 N–H and O–H groups in total. The fourth-order valence-electron chi connectivity index (χ4n) is 2.36. The van der Waals surface area contributed by atoms with Crippen molar-refractivity contribution in [3.8, 4) is 0 Å². The lowest BCUT2D eigenvalue weighted by atomic mass is 10.1. The highest BCUT2D eigenvalue weighted by Gasteiger charge is 2.10. The molecule has 0 radical (unpaired) electrons. The van der Waals surface area contributed by atoms with Crippen molar-refractivity contribution in [3.05, 3.63) is 12.4 Å². The van der Waals surface area contributed by atoms with E-state index in [1.165, 1.54) is 19.4 Å². The maximum Gasteiger partial charge on any atom is 0.203 e. The Morgan fingerprint density at radius 3 is 2.80 bits per heavy atom. The number of nitrogens with one attached hydrogen (secondary N) is 1. The van der Waals surface area contributed by atoms with Crippen LogP contribution in [0, 0.1) is 0 Å². The number of methoxy groups -OCH3 is 1. The summed E-state index contributed by atoms with van der Waals surface area (Å²) in [6, 6.07) is 0.470. The van der Waals surface area contributed by atoms with Gasteiger partial charge < -0.3 is 19.5 Å². The summed E-state index contributed by atoms with van der Waals surface area (Å²) >= 11 is 0. The van der Waals surface area contributed by atoms with Gasteiger partial charge in [0, 0.05) is 32.1 Å². The van der Waals surface area contributed by atoms with Crippen LogP contribution in [0.4, 0.5) is 5.95 Å². The minimum atomic E-state index is 0.470. The molecule has 0 aliphatic heterocycles. The van der Waals surface area contributed by atoms with Crippen LogP contribution in [0.25, 0.3) is 0 Å². The average molecular weight is 282 g/mol. The molecule has 5 heteroatoms. The molecule has 1 unspecified atom stereocenters. The molecule has 5 nitrogen and oxygen atoms in total. The third kappa shape index (κ3) is 5.51. The topological polar surface area (TPSA) is 42.3 Å². The van der Waals surface area contributed by atoms with Gasteiger partial charge in [-0.05, 0) is 39.4 Å². The van der Waals surface area contributed by atoms with Crippen LogP contribution in [0.2, 0.25) is 0 Å². The SMILES string of the molecule is CCN(CC)CCCC(C)n1ccnc1NCCOC. The van der Waals surface area contributed by atoms with E-state index in [0.29, 0.717) is 12.6 Å². The number of imidazole rings is 1. The summed E-state index contributed by atoms with van der Waals surface area (Å²) < 4.78 is 7.27. The minimum Gasteiger partial charge on any atom is -0.383 e. The van der Waals surface area contributed by atoms with E-state index in [9.17, 15) is 0 Å². The summed E-state index contributed by atoms with van der Waals surface area (Å²) in [6.07, 6.45) is 6.30. The van der Waals surface area contributed by atoms with Crippen molar-refractivity contribution in [2.45, 2.75) is 39.7 Å². The largest absolute Gasteiger partial charge is 0.383 e. The van der Waals surface area contributed by atoms with Crippen LogP contribution in [-0.2, 0) is 4.74 Å². The van der Waals surface area contributed by atoms with Crippen LogP contribution in [0.15, 0.2) is 12.4 Å². The van der Waals surface area contributed by atoms with Crippen molar-refractivity contribution < 1.29 is 4.74 Å². The first-order chi connectivity index (χ1) is 9.72. The Balaban J connectivity index is 2.39. The van der Waals surface area contributed by atoms with Gasteiger partial charge in [-0.1, -0.05) is 13.8 Å². The molecule has 1 heterocycles. The molecule has 0 aliphatic carbocycles. The zero-order chi connectivity index (χ0) is 14.8. The van der Waals surface area contributed by atoms with Crippen molar-refractivity contribution in [1.82, 2.24) is 14.5 Å². The summed E-state index contributed by atoms with van der Waals surface area (Å²) in [5, 5.41) is 3.31. The van der Waals surface area contributed by atoms with Crippen LogP contribution in [-0.4, -0.2) is 54.3 Å². The molecular formula is C15H30N4O. The summed E-state index contributed by atoms with van der Waals surface area (Å²) in [4.78, 5) is 6.84. The summed E-state index contributed by atoms with van der Waals surface area (Å²) in [5.74, 6) is 0.942. The van der Waals surface area contributed by atoms with Gasteiger partial charge in [-0.2, -0.15) is 0 Å². The molecule has 1 atom stereocenters. The highest BCUT2D eigenvalue weighted by atomic mass is 16.5. The number of anilines is 1. The maximum absolute atomic E-state index is 5.05. The summed E-state index contributed by atoms with van der Waals surface area (Å²) in [5.41, 5.74) is 0. The van der Waals surface area contributed by atoms with E-state index in [2.05, 4.69) is 46.7 Å². The first-order valence-corrected chi connectivity index (χ1v) is 7.70. The van der Waals surface area contributed by atoms with Crippen molar-refractivity contribution in [1.29, 1.82) is 0 Å². The van der Waals surface area contributed by atoms with Crippen LogP contribution in [0.3, 0.4) is 0 Å². The molecule has 0 saturated carbocycles. The normalized spacial score (nSPS) is 12.8. The number of ether oxygens (including phenoxy) is 1. The second-order valence-corrected chi connectivity index (χ2v) is 5.10. The zero-order valence-electron chi connectivity index (χ0n) is 13.4. The van der Waals surface area contributed by atoms with E-state index in [4.69, 9.17) is 4.74 Å². The van der Waals surface area contributed by atoms with Gasteiger partial charge in [-0.3, -0.25) is 0 Å². The standard InChI is InChI=1S/C15H30N4O/c1-5-18(6-2)11-7-8-14(3)19-12-9-16-15(19)17-10-13-20-4/h9,12,14H,5-8,10-11,13H2,1-4H3,(H,16,17). The molecule has 1 rings (SSSR count). The quantitative estimate of drug-likeness (QED) is 0.634. The average Bonchev–Trinajstić information content (AvgIpc) is 2.92. The first kappa shape index (κ1) is 17.0. The highest BCUT2D eigenvalue weighted by Crippen LogP contribution is 2.18. The van der Waals surface area contributed by atoms with Gasteiger partial charge in [0.1, 0.15) is 0 Å². The number of hydrogen-bond acceptors (Lipinski definition) is 4. The molecule has 0 saturated heterocycles. The van der Waals surface area contributed by atoms with Crippen molar-refractivity contribution >= 4 is 5.95 Å². The number of nitrogens with zero attached hydrogens (tertiary/aromatic N) is 3. The third-order valence-electron chi connectivity index (χ3n) is 3.72. The molecule has 0 aliphatic rings. The van der Waals surface area contributed by atoms with Crippen LogP contribution >= 0.6 is 0 Å². The molecule has 20 heavy (non-hydrogen) atoms. The minimum absolute atomic E-state index is 0.470. The van der Waals surface area contributed by atoms with Gasteiger partial charge >= 0.3 is 0 Å². The monoisotopic (exact) mass is 282 g/mol. The molecule has 0 fully saturated rings. The van der Waals surface area contributed by atoms with Gasteiger partial charge in [0.05, 0.1) is 6.61 Å². The lowest BCUT2D eigenvalue weighted by molar-refractivity contribution is 0.210. The zero-order valence-corrected chi connectivity index (χ0v) is 13.4. The summed E-state index contributed by atoms with van der Waals surface area (Å²) in [7, 11) is 1.71. The van der Waals surface area contributed by atoms with E-state index in [1.807, 2.05) is 6.20 Å². The number of hydrogen-bond donors (Lipinski definition) is 1. The Morgan fingerprint density at radius 2 is 2.15 bits per heavy atom. The van der Waals surface area contributed by atoms with Crippen molar-refractivity contribution in [3.63, 3.8) is 0 Å². The highest BCUT2D eigenvalue weighted by molar-refractivity contribution is 5.26. The van der Waals surface area contributed by atoms with E-state index >= 15 is 0 Å². The molecule has 1 aromatic rings. The number of rotatable bonds is 11. The lowest BCUT2D eigenvalue weighted by Crippen LogP contribution is -2.24. The fraction of sp³-hybridized carbons (Fsp3) is 0.800. The summed E-state index contributed by atoms with van der Waals surface area (Å²) in [6.45, 7) is 11.6. The Morgan fingerprint density at radius 1 is 1.40 bits per heavy atom. The molecule has 1 aromatic heterocycles. The Bertz CT molecular complexity index is 349. The molecule has 0 bridgehead atoms. The van der Waals surface area contributed by atoms with Crippen LogP contribution in [0.5, 0.6) is 0 Å². The van der Waals surface area contributed by atoms with E-state index in [-0.39, 0.29) is 0 Å². The number of aromatic nitrogens is 2. The Hall–Kier alpha value is -1.07. The first-order valence-electron chi connectivity index (χ1n) is 7.70. The van der Waals surface area contributed by atoms with Crippen LogP contribution < -0.4 is 5.32 Å². The van der Waals surface area contributed by atoms with Gasteiger partial charge in [0.2, 0.25) is 5.95 Å². The van der Waals surface area contributed by atoms with Gasteiger partial charge in [-0.25, -0.2) is 4.98 Å². The van der Waals surface area contributed by atoms with Gasteiger partial charge in [-0.15, -0.1) is 0 Å². The Labute approximate surface area is 123 Å². The predicted octanol–water partition coefficient (Wildman–Crippen LogP) is 2.62. The molecule has 0 amide bonds. The predicted molar refractivity (Wildman–Crippen MR) is 84.3 cm³/mol. The van der Waals surface area contributed by atoms with Crippen LogP contribution in [0.1, 0.15) is 39.7 Å². The fourth-order valence-corrected chi connectivity index (χ4v) is 2.36. The molecule has 116 valence electrons. The van der Waals surface area contributed by atoms with E-state index in [0.717, 1.165) is 25.6 Å². The van der Waals surface area contributed by atoms with Crippen molar-refractivity contribution in [2.75, 3.05) is 45.2 Å². The molecular weight excluding hydrogens is 252 g/mol. The van der Waals surface area contributed by atoms with E-state index in [1.54, 1.807) is 7.11 Å². The second-order valence-electron chi connectivity index (χ2n) is 5.10.